The molecule has 2 aromatic rings. The number of hydrogen-bond acceptors (Lipinski definition) is 4. The second-order valence-corrected chi connectivity index (χ2v) is 4.56. The van der Waals surface area contributed by atoms with Crippen LogP contribution in [0.4, 0.5) is 5.95 Å². The Morgan fingerprint density at radius 3 is 3.05 bits per heavy atom. The first-order valence-corrected chi connectivity index (χ1v) is 6.49. The Hall–Kier alpha value is -2.21. The normalized spacial score (nSPS) is 12.5. The van der Waals surface area contributed by atoms with E-state index in [1.165, 1.54) is 4.90 Å². The third-order valence-corrected chi connectivity index (χ3v) is 3.26. The van der Waals surface area contributed by atoms with Crippen molar-refractivity contribution < 1.29 is 14.3 Å². The summed E-state index contributed by atoms with van der Waals surface area (Å²) in [7, 11) is 0. The van der Waals surface area contributed by atoms with Crippen LogP contribution in [-0.4, -0.2) is 29.2 Å². The Balaban J connectivity index is 1.96. The molecule has 0 spiro atoms. The number of amides is 1. The van der Waals surface area contributed by atoms with Gasteiger partial charge in [-0.05, 0) is 19.1 Å². The molecule has 0 aliphatic carbocycles. The minimum absolute atomic E-state index is 0.113. The van der Waals surface area contributed by atoms with Crippen LogP contribution in [-0.2, 0) is 0 Å². The summed E-state index contributed by atoms with van der Waals surface area (Å²) in [5, 5.41) is 0.360. The first-order chi connectivity index (χ1) is 9.70. The van der Waals surface area contributed by atoms with E-state index in [4.69, 9.17) is 21.1 Å². The molecule has 0 atom stereocenters. The third kappa shape index (κ3) is 2.08. The topological polar surface area (TPSA) is 67.5 Å². The number of aromatic amines is 1. The number of carbonyl (C=O) groups is 1. The molecule has 2 heterocycles. The van der Waals surface area contributed by atoms with Gasteiger partial charge in [-0.2, -0.15) is 0 Å². The summed E-state index contributed by atoms with van der Waals surface area (Å²) >= 11 is 6.09. The van der Waals surface area contributed by atoms with Crippen LogP contribution < -0.4 is 14.4 Å². The summed E-state index contributed by atoms with van der Waals surface area (Å²) < 4.78 is 10.5. The largest absolute Gasteiger partial charge is 0.454 e. The van der Waals surface area contributed by atoms with Crippen molar-refractivity contribution in [2.24, 2.45) is 0 Å². The van der Waals surface area contributed by atoms with Gasteiger partial charge in [0.2, 0.25) is 12.7 Å². The molecular weight excluding hydrogens is 282 g/mol. The van der Waals surface area contributed by atoms with E-state index in [1.54, 1.807) is 24.5 Å². The highest BCUT2D eigenvalue weighted by Gasteiger charge is 2.24. The SMILES string of the molecule is CCN(C(=O)c1cc(Cl)c2c(c1)OCO2)c1ncc[nH]1. The van der Waals surface area contributed by atoms with Gasteiger partial charge in [0.15, 0.2) is 11.5 Å². The number of rotatable bonds is 3. The monoisotopic (exact) mass is 293 g/mol. The third-order valence-electron chi connectivity index (χ3n) is 2.98. The molecule has 0 saturated heterocycles. The van der Waals surface area contributed by atoms with E-state index in [2.05, 4.69) is 9.97 Å². The van der Waals surface area contributed by atoms with Gasteiger partial charge in [-0.15, -0.1) is 0 Å². The molecule has 1 N–H and O–H groups in total. The fraction of sp³-hybridized carbons (Fsp3) is 0.231. The molecule has 0 bridgehead atoms. The second kappa shape index (κ2) is 5.05. The van der Waals surface area contributed by atoms with E-state index in [0.717, 1.165) is 0 Å². The highest BCUT2D eigenvalue weighted by molar-refractivity contribution is 6.32. The zero-order valence-electron chi connectivity index (χ0n) is 10.7. The number of imidazole rings is 1. The summed E-state index contributed by atoms with van der Waals surface area (Å²) in [6.07, 6.45) is 3.26. The number of nitrogens with zero attached hydrogens (tertiary/aromatic N) is 2. The fourth-order valence-corrected chi connectivity index (χ4v) is 2.31. The van der Waals surface area contributed by atoms with Crippen molar-refractivity contribution in [3.63, 3.8) is 0 Å². The van der Waals surface area contributed by atoms with Crippen LogP contribution in [0.15, 0.2) is 24.5 Å². The number of ether oxygens (including phenoxy) is 2. The van der Waals surface area contributed by atoms with E-state index in [0.29, 0.717) is 34.6 Å². The van der Waals surface area contributed by atoms with Crippen LogP contribution in [0, 0.1) is 0 Å². The quantitative estimate of drug-likeness (QED) is 0.944. The zero-order valence-corrected chi connectivity index (χ0v) is 11.5. The average molecular weight is 294 g/mol. The number of H-pyrrole nitrogens is 1. The highest BCUT2D eigenvalue weighted by atomic mass is 35.5. The zero-order chi connectivity index (χ0) is 14.1. The number of halogens is 1. The molecule has 1 aromatic carbocycles. The van der Waals surface area contributed by atoms with Gasteiger partial charge in [-0.1, -0.05) is 11.6 Å². The van der Waals surface area contributed by atoms with Gasteiger partial charge >= 0.3 is 0 Å². The van der Waals surface area contributed by atoms with Crippen LogP contribution in [0.3, 0.4) is 0 Å². The van der Waals surface area contributed by atoms with Crippen LogP contribution in [0.1, 0.15) is 17.3 Å². The standard InChI is InChI=1S/C13H12ClN3O3/c1-2-17(13-15-3-4-16-13)12(18)8-5-9(14)11-10(6-8)19-7-20-11/h3-6H,2,7H2,1H3,(H,15,16). The van der Waals surface area contributed by atoms with E-state index in [9.17, 15) is 4.79 Å². The minimum atomic E-state index is -0.206. The maximum atomic E-state index is 12.5. The van der Waals surface area contributed by atoms with Crippen molar-refractivity contribution in [3.8, 4) is 11.5 Å². The van der Waals surface area contributed by atoms with Gasteiger partial charge in [0, 0.05) is 24.5 Å². The van der Waals surface area contributed by atoms with E-state index in [1.807, 2.05) is 6.92 Å². The van der Waals surface area contributed by atoms with E-state index in [-0.39, 0.29) is 12.7 Å². The van der Waals surface area contributed by atoms with Crippen LogP contribution >= 0.6 is 11.6 Å². The summed E-state index contributed by atoms with van der Waals surface area (Å²) in [6, 6.07) is 3.20. The second-order valence-electron chi connectivity index (χ2n) is 4.15. The fourth-order valence-electron chi connectivity index (χ4n) is 2.04. The van der Waals surface area contributed by atoms with Gasteiger partial charge in [0.25, 0.3) is 5.91 Å². The predicted octanol–water partition coefficient (Wildman–Crippen LogP) is 2.46. The molecule has 0 saturated carbocycles. The molecular formula is C13H12ClN3O3. The van der Waals surface area contributed by atoms with Crippen molar-refractivity contribution >= 4 is 23.5 Å². The smallest absolute Gasteiger partial charge is 0.260 e. The number of hydrogen-bond donors (Lipinski definition) is 1. The maximum Gasteiger partial charge on any atom is 0.260 e. The molecule has 1 aliphatic heterocycles. The van der Waals surface area contributed by atoms with Crippen molar-refractivity contribution in [1.29, 1.82) is 0 Å². The number of fused-ring (bicyclic) bond motifs is 1. The molecule has 3 rings (SSSR count). The Kier molecular flexibility index (Phi) is 3.23. The van der Waals surface area contributed by atoms with Crippen molar-refractivity contribution in [2.75, 3.05) is 18.2 Å². The molecule has 6 nitrogen and oxygen atoms in total. The molecule has 1 amide bonds. The van der Waals surface area contributed by atoms with Gasteiger partial charge in [-0.25, -0.2) is 4.98 Å². The van der Waals surface area contributed by atoms with E-state index < -0.39 is 0 Å². The predicted molar refractivity (Wildman–Crippen MR) is 73.5 cm³/mol. The Morgan fingerprint density at radius 2 is 2.35 bits per heavy atom. The summed E-state index contributed by atoms with van der Waals surface area (Å²) in [6.45, 7) is 2.47. The van der Waals surface area contributed by atoms with Gasteiger partial charge < -0.3 is 14.5 Å². The number of nitrogens with one attached hydrogen (secondary N) is 1. The summed E-state index contributed by atoms with van der Waals surface area (Å²) in [4.78, 5) is 21.1. The number of benzene rings is 1. The van der Waals surface area contributed by atoms with Crippen LogP contribution in [0.5, 0.6) is 11.5 Å². The van der Waals surface area contributed by atoms with Crippen LogP contribution in [0.2, 0.25) is 5.02 Å². The molecule has 7 heteroatoms. The molecule has 1 aliphatic rings. The molecule has 104 valence electrons. The van der Waals surface area contributed by atoms with Crippen molar-refractivity contribution in [1.82, 2.24) is 9.97 Å². The van der Waals surface area contributed by atoms with Crippen molar-refractivity contribution in [2.45, 2.75) is 6.92 Å². The lowest BCUT2D eigenvalue weighted by molar-refractivity contribution is 0.0986. The molecule has 0 unspecified atom stereocenters. The maximum absolute atomic E-state index is 12.5. The highest BCUT2D eigenvalue weighted by Crippen LogP contribution is 2.40. The average Bonchev–Trinajstić information content (AvgIpc) is 3.09. The Morgan fingerprint density at radius 1 is 1.50 bits per heavy atom. The molecule has 0 fully saturated rings. The Bertz CT molecular complexity index is 643. The first kappa shape index (κ1) is 12.8. The molecule has 20 heavy (non-hydrogen) atoms. The number of carbonyl (C=O) groups excluding carboxylic acids is 1. The minimum Gasteiger partial charge on any atom is -0.454 e. The van der Waals surface area contributed by atoms with Gasteiger partial charge in [0.05, 0.1) is 5.02 Å². The first-order valence-electron chi connectivity index (χ1n) is 6.11. The number of aromatic nitrogens is 2. The van der Waals surface area contributed by atoms with Gasteiger partial charge in [0.1, 0.15) is 0 Å². The molecule has 1 aromatic heterocycles. The summed E-state index contributed by atoms with van der Waals surface area (Å²) in [5.41, 5.74) is 0.428. The van der Waals surface area contributed by atoms with Crippen LogP contribution in [0.25, 0.3) is 0 Å². The van der Waals surface area contributed by atoms with Gasteiger partial charge in [-0.3, -0.25) is 9.69 Å². The summed E-state index contributed by atoms with van der Waals surface area (Å²) in [5.74, 6) is 1.24. The van der Waals surface area contributed by atoms with E-state index >= 15 is 0 Å². The number of anilines is 1. The lowest BCUT2D eigenvalue weighted by Gasteiger charge is -2.18. The Labute approximate surface area is 120 Å². The molecule has 0 radical (unpaired) electrons. The lowest BCUT2D eigenvalue weighted by Crippen LogP contribution is -2.31. The van der Waals surface area contributed by atoms with Crippen molar-refractivity contribution in [3.05, 3.63) is 35.1 Å². The lowest BCUT2D eigenvalue weighted by atomic mass is 10.1.